The Bertz CT molecular complexity index is 999. The molecule has 2 aromatic carbocycles. The van der Waals surface area contributed by atoms with Gasteiger partial charge in [-0.15, -0.1) is 0 Å². The lowest BCUT2D eigenvalue weighted by Gasteiger charge is -2.23. The largest absolute Gasteiger partial charge is 0.411 e. The van der Waals surface area contributed by atoms with Crippen molar-refractivity contribution in [2.24, 2.45) is 5.16 Å². The van der Waals surface area contributed by atoms with Gasteiger partial charge in [-0.05, 0) is 54.8 Å². The lowest BCUT2D eigenvalue weighted by atomic mass is 9.83. The van der Waals surface area contributed by atoms with Crippen molar-refractivity contribution >= 4 is 11.4 Å². The summed E-state index contributed by atoms with van der Waals surface area (Å²) in [5.74, 6) is 0.0442. The maximum atomic E-state index is 9.80. The number of hydrogen-bond donors (Lipinski definition) is 2. The standard InChI is InChI=1S/C25H29N3O2/c1-18-6-4-5-7-23(18)24(17-25(27-30)21-12-13-26-19(2)16-21)20-8-10-22(11-9-20)28(3)14-15-29/h4-13,16,24,29-30H,14-15,17H2,1-3H3/b27-25-/t24-/m1/s1. The Hall–Kier alpha value is -3.18. The molecule has 0 aliphatic carbocycles. The Kier molecular flexibility index (Phi) is 7.20. The second kappa shape index (κ2) is 10.0. The summed E-state index contributed by atoms with van der Waals surface area (Å²) in [6, 6.07) is 20.5. The smallest absolute Gasteiger partial charge is 0.0878 e. The van der Waals surface area contributed by atoms with Crippen molar-refractivity contribution in [2.75, 3.05) is 25.1 Å². The Labute approximate surface area is 178 Å². The second-order valence-electron chi connectivity index (χ2n) is 7.58. The van der Waals surface area contributed by atoms with Crippen molar-refractivity contribution < 1.29 is 10.3 Å². The number of rotatable bonds is 8. The number of hydrogen-bond acceptors (Lipinski definition) is 5. The quantitative estimate of drug-likeness (QED) is 0.329. The Balaban J connectivity index is 1.98. The maximum Gasteiger partial charge on any atom is 0.0878 e. The molecule has 0 aliphatic rings. The summed E-state index contributed by atoms with van der Waals surface area (Å²) in [4.78, 5) is 6.27. The van der Waals surface area contributed by atoms with E-state index in [-0.39, 0.29) is 12.5 Å². The Morgan fingerprint density at radius 1 is 1.07 bits per heavy atom. The highest BCUT2D eigenvalue weighted by Gasteiger charge is 2.20. The van der Waals surface area contributed by atoms with Gasteiger partial charge in [-0.1, -0.05) is 41.6 Å². The van der Waals surface area contributed by atoms with Crippen molar-refractivity contribution in [1.82, 2.24) is 4.98 Å². The van der Waals surface area contributed by atoms with E-state index in [9.17, 15) is 10.3 Å². The molecule has 0 saturated carbocycles. The van der Waals surface area contributed by atoms with Crippen LogP contribution < -0.4 is 4.90 Å². The molecule has 5 heteroatoms. The molecule has 30 heavy (non-hydrogen) atoms. The molecular formula is C25H29N3O2. The molecule has 156 valence electrons. The van der Waals surface area contributed by atoms with Crippen LogP contribution in [0.25, 0.3) is 0 Å². The molecule has 5 nitrogen and oxygen atoms in total. The summed E-state index contributed by atoms with van der Waals surface area (Å²) in [5.41, 5.74) is 7.01. The summed E-state index contributed by atoms with van der Waals surface area (Å²) >= 11 is 0. The van der Waals surface area contributed by atoms with Gasteiger partial charge in [0.1, 0.15) is 0 Å². The van der Waals surface area contributed by atoms with Crippen molar-refractivity contribution in [2.45, 2.75) is 26.2 Å². The first-order valence-electron chi connectivity index (χ1n) is 10.1. The Morgan fingerprint density at radius 3 is 2.43 bits per heavy atom. The van der Waals surface area contributed by atoms with Crippen LogP contribution >= 0.6 is 0 Å². The van der Waals surface area contributed by atoms with Gasteiger partial charge in [0.2, 0.25) is 0 Å². The molecule has 0 unspecified atom stereocenters. The minimum Gasteiger partial charge on any atom is -0.411 e. The average molecular weight is 404 g/mol. The van der Waals surface area contributed by atoms with E-state index in [1.807, 2.05) is 43.1 Å². The highest BCUT2D eigenvalue weighted by molar-refractivity contribution is 6.01. The number of pyridine rings is 1. The van der Waals surface area contributed by atoms with Gasteiger partial charge in [0.25, 0.3) is 0 Å². The third-order valence-electron chi connectivity index (χ3n) is 5.48. The van der Waals surface area contributed by atoms with Crippen LogP contribution in [0.15, 0.2) is 72.0 Å². The molecule has 1 heterocycles. The van der Waals surface area contributed by atoms with Crippen LogP contribution in [0.2, 0.25) is 0 Å². The third kappa shape index (κ3) is 5.05. The van der Waals surface area contributed by atoms with Crippen LogP contribution in [0.5, 0.6) is 0 Å². The van der Waals surface area contributed by atoms with Crippen molar-refractivity contribution in [3.8, 4) is 0 Å². The minimum atomic E-state index is 0.0442. The number of aliphatic hydroxyl groups excluding tert-OH is 1. The highest BCUT2D eigenvalue weighted by atomic mass is 16.4. The van der Waals surface area contributed by atoms with E-state index in [4.69, 9.17) is 0 Å². The number of oxime groups is 1. The highest BCUT2D eigenvalue weighted by Crippen LogP contribution is 2.33. The summed E-state index contributed by atoms with van der Waals surface area (Å²) in [5, 5.41) is 22.6. The van der Waals surface area contributed by atoms with Crippen LogP contribution in [0.1, 0.15) is 40.3 Å². The summed E-state index contributed by atoms with van der Waals surface area (Å²) in [7, 11) is 1.96. The van der Waals surface area contributed by atoms with Gasteiger partial charge in [-0.2, -0.15) is 0 Å². The SMILES string of the molecule is Cc1cc(/C(C[C@H](c2ccc(N(C)CCO)cc2)c2ccccc2C)=N\O)ccn1. The van der Waals surface area contributed by atoms with E-state index in [2.05, 4.69) is 53.5 Å². The molecule has 0 fully saturated rings. The van der Waals surface area contributed by atoms with Crippen molar-refractivity contribution in [3.63, 3.8) is 0 Å². The minimum absolute atomic E-state index is 0.0442. The summed E-state index contributed by atoms with van der Waals surface area (Å²) in [6.45, 7) is 4.74. The molecule has 0 saturated heterocycles. The molecule has 0 radical (unpaired) electrons. The first-order chi connectivity index (χ1) is 14.5. The van der Waals surface area contributed by atoms with Crippen LogP contribution in [0.3, 0.4) is 0 Å². The molecule has 1 atom stereocenters. The van der Waals surface area contributed by atoms with Gasteiger partial charge < -0.3 is 15.2 Å². The fourth-order valence-electron chi connectivity index (χ4n) is 3.76. The molecule has 3 aromatic rings. The zero-order valence-corrected chi connectivity index (χ0v) is 17.8. The van der Waals surface area contributed by atoms with Gasteiger partial charge >= 0.3 is 0 Å². The number of aryl methyl sites for hydroxylation is 2. The van der Waals surface area contributed by atoms with Gasteiger partial charge in [-0.3, -0.25) is 4.98 Å². The lowest BCUT2D eigenvalue weighted by Crippen LogP contribution is -2.21. The van der Waals surface area contributed by atoms with E-state index >= 15 is 0 Å². The number of aromatic nitrogens is 1. The molecule has 2 N–H and O–H groups in total. The van der Waals surface area contributed by atoms with Gasteiger partial charge in [0, 0.05) is 49.1 Å². The molecular weight excluding hydrogens is 374 g/mol. The van der Waals surface area contributed by atoms with E-state index in [1.54, 1.807) is 6.20 Å². The molecule has 0 amide bonds. The lowest BCUT2D eigenvalue weighted by molar-refractivity contribution is 0.304. The van der Waals surface area contributed by atoms with Crippen LogP contribution in [0, 0.1) is 13.8 Å². The van der Waals surface area contributed by atoms with E-state index in [0.717, 1.165) is 22.5 Å². The van der Waals surface area contributed by atoms with Gasteiger partial charge in [0.05, 0.1) is 12.3 Å². The van der Waals surface area contributed by atoms with Crippen LogP contribution in [-0.4, -0.2) is 41.2 Å². The summed E-state index contributed by atoms with van der Waals surface area (Å²) in [6.07, 6.45) is 2.31. The van der Waals surface area contributed by atoms with Gasteiger partial charge in [0.15, 0.2) is 0 Å². The number of nitrogens with zero attached hydrogens (tertiary/aromatic N) is 3. The molecule has 0 aliphatic heterocycles. The molecule has 1 aromatic heterocycles. The second-order valence-corrected chi connectivity index (χ2v) is 7.58. The maximum absolute atomic E-state index is 9.80. The number of benzene rings is 2. The predicted molar refractivity (Wildman–Crippen MR) is 122 cm³/mol. The zero-order valence-electron chi connectivity index (χ0n) is 17.8. The molecule has 0 bridgehead atoms. The number of aliphatic hydroxyl groups is 1. The monoisotopic (exact) mass is 403 g/mol. The van der Waals surface area contributed by atoms with Crippen LogP contribution in [-0.2, 0) is 0 Å². The fourth-order valence-corrected chi connectivity index (χ4v) is 3.76. The number of likely N-dealkylation sites (N-methyl/N-ethyl adjacent to an activating group) is 1. The zero-order chi connectivity index (χ0) is 21.5. The first kappa shape index (κ1) is 21.5. The Morgan fingerprint density at radius 2 is 1.80 bits per heavy atom. The normalized spacial score (nSPS) is 12.6. The number of anilines is 1. The van der Waals surface area contributed by atoms with Crippen molar-refractivity contribution in [3.05, 3.63) is 94.8 Å². The molecule has 3 rings (SSSR count). The van der Waals surface area contributed by atoms with Crippen molar-refractivity contribution in [1.29, 1.82) is 0 Å². The van der Waals surface area contributed by atoms with E-state index < -0.39 is 0 Å². The third-order valence-corrected chi connectivity index (χ3v) is 5.48. The average Bonchev–Trinajstić information content (AvgIpc) is 2.76. The topological polar surface area (TPSA) is 69.0 Å². The predicted octanol–water partition coefficient (Wildman–Crippen LogP) is 4.53. The van der Waals surface area contributed by atoms with Gasteiger partial charge in [-0.25, -0.2) is 0 Å². The first-order valence-corrected chi connectivity index (χ1v) is 10.1. The van der Waals surface area contributed by atoms with E-state index in [0.29, 0.717) is 18.7 Å². The van der Waals surface area contributed by atoms with E-state index in [1.165, 1.54) is 11.1 Å². The summed E-state index contributed by atoms with van der Waals surface area (Å²) < 4.78 is 0. The fraction of sp³-hybridized carbons (Fsp3) is 0.280. The van der Waals surface area contributed by atoms with Crippen LogP contribution in [0.4, 0.5) is 5.69 Å². The molecule has 0 spiro atoms.